The summed E-state index contributed by atoms with van der Waals surface area (Å²) in [5.41, 5.74) is 0.659. The topological polar surface area (TPSA) is 42.2 Å². The maximum Gasteiger partial charge on any atom is 0.254 e. The Labute approximate surface area is 110 Å². The quantitative estimate of drug-likeness (QED) is 0.493. The number of hydrogen-bond donors (Lipinski definition) is 1. The third-order valence-electron chi connectivity index (χ3n) is 2.38. The Kier molecular flexibility index (Phi) is 5.87. The van der Waals surface area contributed by atoms with Crippen LogP contribution < -0.4 is 5.32 Å². The molecule has 0 fully saturated rings. The first-order valence-corrected chi connectivity index (χ1v) is 7.09. The molecule has 16 heavy (non-hydrogen) atoms. The highest BCUT2D eigenvalue weighted by Gasteiger charge is 2.12. The van der Waals surface area contributed by atoms with Gasteiger partial charge in [0.2, 0.25) is 0 Å². The van der Waals surface area contributed by atoms with Crippen LogP contribution >= 0.6 is 22.6 Å². The molecule has 0 unspecified atom stereocenters. The number of rotatable bonds is 6. The fourth-order valence-corrected chi connectivity index (χ4v) is 2.09. The summed E-state index contributed by atoms with van der Waals surface area (Å²) in [6.45, 7) is 4.42. The number of unbranched alkanes of at least 4 members (excludes halogenated alkanes) is 2. The molecule has 4 heteroatoms. The van der Waals surface area contributed by atoms with Crippen LogP contribution in [0.15, 0.2) is 10.5 Å². The van der Waals surface area contributed by atoms with Gasteiger partial charge in [-0.3, -0.25) is 4.79 Å². The summed E-state index contributed by atoms with van der Waals surface area (Å²) in [6, 6.07) is 1.79. The Hall–Kier alpha value is -0.520. The summed E-state index contributed by atoms with van der Waals surface area (Å²) in [7, 11) is 0. The van der Waals surface area contributed by atoms with Crippen LogP contribution in [0.25, 0.3) is 0 Å². The van der Waals surface area contributed by atoms with Crippen molar-refractivity contribution in [2.75, 3.05) is 11.0 Å². The molecule has 1 aromatic heterocycles. The van der Waals surface area contributed by atoms with Crippen LogP contribution in [-0.2, 0) is 0 Å². The zero-order chi connectivity index (χ0) is 12.0. The molecule has 90 valence electrons. The minimum absolute atomic E-state index is 0.0242. The van der Waals surface area contributed by atoms with E-state index in [2.05, 4.69) is 27.9 Å². The highest BCUT2D eigenvalue weighted by atomic mass is 127. The zero-order valence-corrected chi connectivity index (χ0v) is 12.0. The molecular formula is C12H18INO2. The second-order valence-corrected chi connectivity index (χ2v) is 4.91. The average Bonchev–Trinajstić information content (AvgIpc) is 2.57. The van der Waals surface area contributed by atoms with E-state index in [9.17, 15) is 4.79 Å². The average molecular weight is 335 g/mol. The second-order valence-electron chi connectivity index (χ2n) is 3.83. The molecule has 0 aliphatic carbocycles. The summed E-state index contributed by atoms with van der Waals surface area (Å²) >= 11 is 2.37. The van der Waals surface area contributed by atoms with Crippen molar-refractivity contribution >= 4 is 28.5 Å². The number of halogens is 1. The Balaban J connectivity index is 2.33. The molecule has 1 N–H and O–H groups in total. The largest absolute Gasteiger partial charge is 0.466 e. The van der Waals surface area contributed by atoms with Crippen LogP contribution in [0.2, 0.25) is 0 Å². The van der Waals surface area contributed by atoms with Crippen LogP contribution in [0.1, 0.15) is 41.1 Å². The summed E-state index contributed by atoms with van der Waals surface area (Å²) < 4.78 is 6.50. The maximum atomic E-state index is 11.7. The molecule has 0 bridgehead atoms. The SMILES string of the molecule is Cc1cc(C(=O)NCCCCCI)c(C)o1. The Morgan fingerprint density at radius 2 is 2.12 bits per heavy atom. The molecule has 0 spiro atoms. The van der Waals surface area contributed by atoms with E-state index in [1.54, 1.807) is 6.07 Å². The summed E-state index contributed by atoms with van der Waals surface area (Å²) in [5, 5.41) is 2.91. The fourth-order valence-electron chi connectivity index (χ4n) is 1.55. The number of carbonyl (C=O) groups is 1. The lowest BCUT2D eigenvalue weighted by molar-refractivity contribution is 0.0951. The molecule has 3 nitrogen and oxygen atoms in total. The zero-order valence-electron chi connectivity index (χ0n) is 9.81. The van der Waals surface area contributed by atoms with Gasteiger partial charge in [0, 0.05) is 6.54 Å². The molecular weight excluding hydrogens is 317 g/mol. The molecule has 0 aromatic carbocycles. The van der Waals surface area contributed by atoms with Gasteiger partial charge in [0.15, 0.2) is 0 Å². The molecule has 1 heterocycles. The second kappa shape index (κ2) is 6.93. The fraction of sp³-hybridized carbons (Fsp3) is 0.583. The smallest absolute Gasteiger partial charge is 0.254 e. The van der Waals surface area contributed by atoms with Gasteiger partial charge in [-0.05, 0) is 37.2 Å². The van der Waals surface area contributed by atoms with E-state index in [-0.39, 0.29) is 5.91 Å². The maximum absolute atomic E-state index is 11.7. The number of nitrogens with one attached hydrogen (secondary N) is 1. The van der Waals surface area contributed by atoms with Crippen LogP contribution in [0.3, 0.4) is 0 Å². The van der Waals surface area contributed by atoms with Crippen molar-refractivity contribution in [3.63, 3.8) is 0 Å². The van der Waals surface area contributed by atoms with Gasteiger partial charge in [0.1, 0.15) is 11.5 Å². The van der Waals surface area contributed by atoms with Crippen molar-refractivity contribution in [1.29, 1.82) is 0 Å². The van der Waals surface area contributed by atoms with Crippen LogP contribution in [0, 0.1) is 13.8 Å². The van der Waals surface area contributed by atoms with E-state index in [4.69, 9.17) is 4.42 Å². The predicted octanol–water partition coefficient (Wildman–Crippen LogP) is 3.23. The number of amides is 1. The van der Waals surface area contributed by atoms with Gasteiger partial charge in [-0.2, -0.15) is 0 Å². The summed E-state index contributed by atoms with van der Waals surface area (Å²) in [6.07, 6.45) is 3.44. The van der Waals surface area contributed by atoms with Crippen molar-refractivity contribution in [2.24, 2.45) is 0 Å². The molecule has 1 aromatic rings. The number of furan rings is 1. The minimum atomic E-state index is -0.0242. The molecule has 1 rings (SSSR count). The van der Waals surface area contributed by atoms with Gasteiger partial charge < -0.3 is 9.73 Å². The third kappa shape index (κ3) is 4.15. The monoisotopic (exact) mass is 335 g/mol. The van der Waals surface area contributed by atoms with E-state index < -0.39 is 0 Å². The van der Waals surface area contributed by atoms with Crippen molar-refractivity contribution in [1.82, 2.24) is 5.32 Å². The summed E-state index contributed by atoms with van der Waals surface area (Å²) in [4.78, 5) is 11.7. The molecule has 0 aliphatic rings. The van der Waals surface area contributed by atoms with Gasteiger partial charge in [-0.25, -0.2) is 0 Å². The first-order chi connectivity index (χ1) is 7.65. The van der Waals surface area contributed by atoms with Crippen molar-refractivity contribution in [3.05, 3.63) is 23.2 Å². The number of alkyl halides is 1. The third-order valence-corrected chi connectivity index (χ3v) is 3.14. The molecule has 0 atom stereocenters. The summed E-state index contributed by atoms with van der Waals surface area (Å²) in [5.74, 6) is 1.46. The lowest BCUT2D eigenvalue weighted by Gasteiger charge is -2.03. The van der Waals surface area contributed by atoms with Crippen LogP contribution in [0.4, 0.5) is 0 Å². The van der Waals surface area contributed by atoms with Crippen molar-refractivity contribution in [2.45, 2.75) is 33.1 Å². The van der Waals surface area contributed by atoms with Crippen LogP contribution in [0.5, 0.6) is 0 Å². The molecule has 0 saturated carbocycles. The van der Waals surface area contributed by atoms with Gasteiger partial charge in [0.25, 0.3) is 5.91 Å². The van der Waals surface area contributed by atoms with Crippen LogP contribution in [-0.4, -0.2) is 16.9 Å². The standard InChI is InChI=1S/C12H18INO2/c1-9-8-11(10(2)16-9)12(15)14-7-5-3-4-6-13/h8H,3-7H2,1-2H3,(H,14,15). The van der Waals surface area contributed by atoms with Gasteiger partial charge in [0.05, 0.1) is 5.56 Å². The van der Waals surface area contributed by atoms with Crippen molar-refractivity contribution < 1.29 is 9.21 Å². The number of carbonyl (C=O) groups excluding carboxylic acids is 1. The molecule has 0 aliphatic heterocycles. The van der Waals surface area contributed by atoms with Crippen molar-refractivity contribution in [3.8, 4) is 0 Å². The van der Waals surface area contributed by atoms with E-state index in [1.165, 1.54) is 17.3 Å². The Morgan fingerprint density at radius 1 is 1.38 bits per heavy atom. The van der Waals surface area contributed by atoms with E-state index in [0.717, 1.165) is 18.7 Å². The number of aryl methyl sites for hydroxylation is 2. The molecule has 1 amide bonds. The minimum Gasteiger partial charge on any atom is -0.466 e. The van der Waals surface area contributed by atoms with Gasteiger partial charge in [-0.15, -0.1) is 0 Å². The lowest BCUT2D eigenvalue weighted by atomic mass is 10.2. The van der Waals surface area contributed by atoms with Gasteiger partial charge in [-0.1, -0.05) is 29.0 Å². The number of hydrogen-bond acceptors (Lipinski definition) is 2. The lowest BCUT2D eigenvalue weighted by Crippen LogP contribution is -2.24. The van der Waals surface area contributed by atoms with E-state index >= 15 is 0 Å². The highest BCUT2D eigenvalue weighted by Crippen LogP contribution is 2.13. The first-order valence-electron chi connectivity index (χ1n) is 5.56. The highest BCUT2D eigenvalue weighted by molar-refractivity contribution is 14.1. The molecule has 0 saturated heterocycles. The normalized spacial score (nSPS) is 10.4. The van der Waals surface area contributed by atoms with E-state index in [0.29, 0.717) is 11.3 Å². The van der Waals surface area contributed by atoms with E-state index in [1.807, 2.05) is 13.8 Å². The Morgan fingerprint density at radius 3 is 2.69 bits per heavy atom. The first kappa shape index (κ1) is 13.5. The predicted molar refractivity (Wildman–Crippen MR) is 73.3 cm³/mol. The Bertz CT molecular complexity index is 347. The van der Waals surface area contributed by atoms with Gasteiger partial charge >= 0.3 is 0 Å². The molecule has 0 radical (unpaired) electrons.